The molecule has 4 amide bonds. The third-order valence-electron chi connectivity index (χ3n) is 17.7. The van der Waals surface area contributed by atoms with E-state index in [2.05, 4.69) is 45.5 Å². The lowest BCUT2D eigenvalue weighted by Gasteiger charge is -2.29. The van der Waals surface area contributed by atoms with Crippen molar-refractivity contribution < 1.29 is 76.3 Å². The molecule has 4 aliphatic heterocycles. The fourth-order valence-electron chi connectivity index (χ4n) is 11.5. The normalized spacial score (nSPS) is 26.4. The van der Waals surface area contributed by atoms with Crippen LogP contribution in [-0.2, 0) is 91.1 Å². The maximum Gasteiger partial charge on any atom is 0.347 e. The molecular weight excluding hydrogens is 1340 g/mol. The molecule has 24 heteroatoms. The summed E-state index contributed by atoms with van der Waals surface area (Å²) in [5.74, 6) is -3.34. The van der Waals surface area contributed by atoms with E-state index in [0.29, 0.717) is 32.7 Å². The first-order valence-corrected chi connectivity index (χ1v) is 36.5. The number of cyclic esters (lactones) is 4. The Bertz CT molecular complexity index is 3320. The van der Waals surface area contributed by atoms with E-state index in [1.165, 1.54) is 26.4 Å². The van der Waals surface area contributed by atoms with E-state index in [1.807, 2.05) is 65.8 Å². The lowest BCUT2D eigenvalue weighted by molar-refractivity contribution is -0.179. The molecule has 530 valence electrons. The van der Waals surface area contributed by atoms with E-state index in [4.69, 9.17) is 61.1 Å². The molecule has 12 atom stereocenters. The number of rotatable bonds is 21. The van der Waals surface area contributed by atoms with Gasteiger partial charge in [-0.2, -0.15) is 0 Å². The van der Waals surface area contributed by atoms with Gasteiger partial charge < -0.3 is 59.2 Å². The second kappa shape index (κ2) is 34.8. The monoisotopic (exact) mass is 1430 g/mol. The molecule has 0 radical (unpaired) electrons. The summed E-state index contributed by atoms with van der Waals surface area (Å²) in [7, 11) is 6.45. The number of carbonyl (C=O) groups excluding carboxylic acids is 8. The maximum absolute atomic E-state index is 14.1. The Kier molecular flexibility index (Phi) is 27.2. The van der Waals surface area contributed by atoms with Crippen LogP contribution in [0.5, 0.6) is 11.5 Å². The van der Waals surface area contributed by atoms with Gasteiger partial charge in [-0.3, -0.25) is 28.8 Å². The minimum absolute atomic E-state index is 0.0409. The first kappa shape index (κ1) is 76.7. The molecule has 0 spiro atoms. The molecule has 4 aromatic rings. The fourth-order valence-corrected chi connectivity index (χ4v) is 14.2. The Morgan fingerprint density at radius 2 is 0.867 bits per heavy atom. The maximum atomic E-state index is 14.1. The minimum atomic E-state index is -1.26. The van der Waals surface area contributed by atoms with Crippen LogP contribution in [0, 0.1) is 34.5 Å². The summed E-state index contributed by atoms with van der Waals surface area (Å²) in [6.45, 7) is 17.7. The SMILES string of the molecule is COc1ccc(C[C@H]2NC(=O)/C=C/C[C@@H]([C@H](C)[C@H]3O[C@@H]3c3ccc(CSSCc4ccc([C@H]5O[C@@H]5[C@@H](C)[C@@H]5C/C=C/C(=O)N[C@H](Cc6ccc(OC)c(Cl)c6)C(=O)NCC(C)(C)C(=O)O[C@@H](CC(C)C)C(=O)O5)cc4)cc3)OC(=O)[C@H](CC(C)C)OC(=O)C(C)(C)CNC2=O)cc1Cl. The molecule has 0 aliphatic carbocycles. The lowest BCUT2D eigenvalue weighted by Crippen LogP contribution is -2.51. The summed E-state index contributed by atoms with van der Waals surface area (Å²) in [5, 5.41) is 11.9. The zero-order valence-corrected chi connectivity index (χ0v) is 60.8. The Morgan fingerprint density at radius 1 is 0.510 bits per heavy atom. The quantitative estimate of drug-likeness (QED) is 0.0199. The summed E-state index contributed by atoms with van der Waals surface area (Å²) in [5.41, 5.74) is 2.96. The van der Waals surface area contributed by atoms with Gasteiger partial charge in [0.2, 0.25) is 23.6 Å². The van der Waals surface area contributed by atoms with Crippen molar-refractivity contribution in [2.24, 2.45) is 34.5 Å². The van der Waals surface area contributed by atoms with Crippen LogP contribution in [0.15, 0.2) is 109 Å². The van der Waals surface area contributed by atoms with Gasteiger partial charge in [0.25, 0.3) is 0 Å². The van der Waals surface area contributed by atoms with Gasteiger partial charge in [-0.15, -0.1) is 0 Å². The highest BCUT2D eigenvalue weighted by Gasteiger charge is 2.50. The molecule has 4 aromatic carbocycles. The fraction of sp³-hybridized carbons (Fsp3) is 0.514. The summed E-state index contributed by atoms with van der Waals surface area (Å²) in [6.07, 6.45) is 1.46. The van der Waals surface area contributed by atoms with Crippen molar-refractivity contribution in [2.45, 2.75) is 180 Å². The van der Waals surface area contributed by atoms with Gasteiger partial charge in [-0.1, -0.05) is 159 Å². The van der Waals surface area contributed by atoms with E-state index in [-0.39, 0.29) is 99.7 Å². The number of nitrogens with one attached hydrogen (secondary N) is 4. The molecule has 98 heavy (non-hydrogen) atoms. The summed E-state index contributed by atoms with van der Waals surface area (Å²) in [4.78, 5) is 110. The Hall–Kier alpha value is -7.08. The molecule has 2 fully saturated rings. The summed E-state index contributed by atoms with van der Waals surface area (Å²) >= 11 is 12.8. The van der Waals surface area contributed by atoms with Crippen LogP contribution in [-0.4, -0.2) is 124 Å². The van der Waals surface area contributed by atoms with Crippen molar-refractivity contribution in [2.75, 3.05) is 27.3 Å². The van der Waals surface area contributed by atoms with Crippen molar-refractivity contribution in [1.29, 1.82) is 0 Å². The zero-order chi connectivity index (χ0) is 71.2. The molecule has 4 N–H and O–H groups in total. The van der Waals surface area contributed by atoms with E-state index in [9.17, 15) is 38.4 Å². The molecule has 8 rings (SSSR count). The number of epoxide rings is 2. The van der Waals surface area contributed by atoms with E-state index < -0.39 is 94.8 Å². The number of carbonyl (C=O) groups is 8. The minimum Gasteiger partial charge on any atom is -0.495 e. The van der Waals surface area contributed by atoms with Crippen molar-refractivity contribution in [3.05, 3.63) is 153 Å². The Labute approximate surface area is 592 Å². The summed E-state index contributed by atoms with van der Waals surface area (Å²) in [6, 6.07) is 24.6. The van der Waals surface area contributed by atoms with Crippen molar-refractivity contribution in [3.63, 3.8) is 0 Å². The van der Waals surface area contributed by atoms with Gasteiger partial charge in [0.15, 0.2) is 12.2 Å². The second-order valence-electron chi connectivity index (χ2n) is 27.7. The van der Waals surface area contributed by atoms with E-state index in [1.54, 1.807) is 97.8 Å². The van der Waals surface area contributed by atoms with E-state index in [0.717, 1.165) is 33.8 Å². The second-order valence-corrected chi connectivity index (χ2v) is 31.0. The van der Waals surface area contributed by atoms with Crippen LogP contribution in [0.3, 0.4) is 0 Å². The predicted molar refractivity (Wildman–Crippen MR) is 376 cm³/mol. The smallest absolute Gasteiger partial charge is 0.347 e. The molecule has 0 aromatic heterocycles. The standard InChI is InChI=1S/C74H92Cl2N4O16S2/c1-41(2)31-59-69(85)91-55(15-13-17-61(81)79-53(35-47-23-29-57(89-11)51(75)33-47)67(83)77-39-73(7,8)71(87)93-59)43(5)63-65(95-63)49-25-19-45(20-26-49)37-97-98-38-46-21-27-50(28-22-46)66-64(96-66)44(6)56-16-14-18-62(82)80-54(36-48-24-30-58(90-12)52(76)34-48)68(84)78-40-74(9,10)72(88)94-60(32-42(3)4)70(86)92-56/h13-14,17-30,33-34,41-44,53-56,59-60,63-66H,15-16,31-32,35-40H2,1-12H3,(H,77,83)(H,78,84)(H,79,81)(H,80,82)/b17-13+,18-14+/t43-,44-,53+,54+,55-,56-,59-,60-,63+,64+,65+,66+/m0/s1. The van der Waals surface area contributed by atoms with E-state index >= 15 is 0 Å². The number of ether oxygens (including phenoxy) is 8. The number of esters is 4. The average Bonchev–Trinajstić information content (AvgIpc) is 1.63. The van der Waals surface area contributed by atoms with Crippen molar-refractivity contribution >= 4 is 92.3 Å². The topological polar surface area (TPSA) is 265 Å². The molecular formula is C74H92Cl2N4O16S2. The van der Waals surface area contributed by atoms with Gasteiger partial charge >= 0.3 is 23.9 Å². The number of benzene rings is 4. The number of amides is 4. The molecule has 20 nitrogen and oxygen atoms in total. The van der Waals surface area contributed by atoms with Crippen LogP contribution in [0.2, 0.25) is 10.0 Å². The average molecular weight is 1430 g/mol. The van der Waals surface area contributed by atoms with Gasteiger partial charge in [0.05, 0.1) is 47.3 Å². The summed E-state index contributed by atoms with van der Waals surface area (Å²) < 4.78 is 47.4. The third-order valence-corrected chi connectivity index (χ3v) is 20.6. The van der Waals surface area contributed by atoms with Crippen molar-refractivity contribution in [1.82, 2.24) is 21.3 Å². The molecule has 4 heterocycles. The van der Waals surface area contributed by atoms with Crippen LogP contribution in [0.25, 0.3) is 0 Å². The van der Waals surface area contributed by atoms with Gasteiger partial charge in [0.1, 0.15) is 48.0 Å². The number of halogens is 2. The molecule has 0 unspecified atom stereocenters. The zero-order valence-electron chi connectivity index (χ0n) is 57.7. The highest BCUT2D eigenvalue weighted by molar-refractivity contribution is 8.76. The number of hydrogen-bond donors (Lipinski definition) is 4. The highest BCUT2D eigenvalue weighted by Crippen LogP contribution is 2.47. The first-order valence-electron chi connectivity index (χ1n) is 33.2. The van der Waals surface area contributed by atoms with Crippen LogP contribution in [0.1, 0.15) is 141 Å². The van der Waals surface area contributed by atoms with Crippen LogP contribution < -0.4 is 30.7 Å². The van der Waals surface area contributed by atoms with Gasteiger partial charge in [-0.05, 0) is 122 Å². The number of methoxy groups -OCH3 is 2. The molecule has 2 saturated heterocycles. The van der Waals surface area contributed by atoms with Gasteiger partial charge in [0, 0.05) is 62.1 Å². The van der Waals surface area contributed by atoms with Crippen molar-refractivity contribution in [3.8, 4) is 11.5 Å². The molecule has 0 bridgehead atoms. The van der Waals surface area contributed by atoms with Crippen LogP contribution >= 0.6 is 44.8 Å². The Balaban J connectivity index is 0.858. The highest BCUT2D eigenvalue weighted by atomic mass is 35.5. The Morgan fingerprint density at radius 3 is 1.20 bits per heavy atom. The largest absolute Gasteiger partial charge is 0.495 e. The number of hydrogen-bond acceptors (Lipinski definition) is 18. The molecule has 4 aliphatic rings. The lowest BCUT2D eigenvalue weighted by atomic mass is 9.92. The van der Waals surface area contributed by atoms with Crippen LogP contribution in [0.4, 0.5) is 0 Å². The predicted octanol–water partition coefficient (Wildman–Crippen LogP) is 11.6. The first-order chi connectivity index (χ1) is 46.5. The molecule has 0 saturated carbocycles. The van der Waals surface area contributed by atoms with Gasteiger partial charge in [-0.25, -0.2) is 9.59 Å². The third kappa shape index (κ3) is 21.7.